The predicted molar refractivity (Wildman–Crippen MR) is 172 cm³/mol. The third-order valence-electron chi connectivity index (χ3n) is 10.1. The second kappa shape index (κ2) is 14.1. The summed E-state index contributed by atoms with van der Waals surface area (Å²) in [7, 11) is -3.94. The summed E-state index contributed by atoms with van der Waals surface area (Å²) in [5, 5.41) is 23.0. The lowest BCUT2D eigenvalue weighted by molar-refractivity contribution is -0.0417. The fraction of sp³-hybridized carbons (Fsp3) is 0.758. The molecule has 2 rings (SSSR count). The number of hydrogen-bond donors (Lipinski definition) is 2. The topological polar surface area (TPSA) is 68.2 Å². The van der Waals surface area contributed by atoms with Crippen molar-refractivity contribution >= 4 is 16.6 Å². The van der Waals surface area contributed by atoms with E-state index in [0.717, 1.165) is 5.56 Å². The first-order valence-electron chi connectivity index (χ1n) is 15.2. The highest BCUT2D eigenvalue weighted by Gasteiger charge is 2.45. The van der Waals surface area contributed by atoms with Gasteiger partial charge in [-0.15, -0.1) is 0 Å². The number of aliphatic hydroxyl groups is 2. The van der Waals surface area contributed by atoms with Crippen LogP contribution in [0.15, 0.2) is 42.5 Å². The number of aliphatic hydroxyl groups excluding tert-OH is 2. The molecule has 7 atom stereocenters. The highest BCUT2D eigenvalue weighted by Crippen LogP contribution is 2.43. The lowest BCUT2D eigenvalue weighted by Crippen LogP contribution is -2.47. The minimum Gasteiger partial charge on any atom is -0.417 e. The maximum absolute atomic E-state index is 11.5. The van der Waals surface area contributed by atoms with Gasteiger partial charge in [0.15, 0.2) is 16.6 Å². The van der Waals surface area contributed by atoms with E-state index in [1.54, 1.807) is 12.2 Å². The van der Waals surface area contributed by atoms with Crippen LogP contribution in [0, 0.1) is 29.6 Å². The van der Waals surface area contributed by atoms with E-state index in [2.05, 4.69) is 93.7 Å². The number of hydrogen-bond acceptors (Lipinski definition) is 5. The highest BCUT2D eigenvalue weighted by molar-refractivity contribution is 6.74. The summed E-state index contributed by atoms with van der Waals surface area (Å²) >= 11 is 0. The second-order valence-corrected chi connectivity index (χ2v) is 24.9. The minimum absolute atomic E-state index is 0.0196. The van der Waals surface area contributed by atoms with E-state index in [9.17, 15) is 10.2 Å². The van der Waals surface area contributed by atoms with Gasteiger partial charge in [-0.1, -0.05) is 97.9 Å². The van der Waals surface area contributed by atoms with Gasteiger partial charge in [-0.25, -0.2) is 0 Å². The first-order valence-corrected chi connectivity index (χ1v) is 21.0. The molecule has 0 unspecified atom stereocenters. The van der Waals surface area contributed by atoms with Gasteiger partial charge in [0.25, 0.3) is 0 Å². The lowest BCUT2D eigenvalue weighted by atomic mass is 9.69. The Kier molecular flexibility index (Phi) is 12.5. The van der Waals surface area contributed by atoms with Crippen LogP contribution in [-0.4, -0.2) is 58.9 Å². The maximum atomic E-state index is 11.5. The monoisotopic (exact) mass is 592 g/mol. The molecule has 0 saturated heterocycles. The van der Waals surface area contributed by atoms with Gasteiger partial charge in [-0.3, -0.25) is 0 Å². The first kappa shape index (κ1) is 35.4. The Morgan fingerprint density at radius 1 is 0.750 bits per heavy atom. The summed E-state index contributed by atoms with van der Waals surface area (Å²) < 4.78 is 19.6. The Bertz CT molecular complexity index is 919. The van der Waals surface area contributed by atoms with Crippen LogP contribution in [0.4, 0.5) is 0 Å². The molecule has 0 amide bonds. The smallest absolute Gasteiger partial charge is 0.191 e. The molecule has 0 fully saturated rings. The summed E-state index contributed by atoms with van der Waals surface area (Å²) in [6.45, 7) is 29.1. The Morgan fingerprint density at radius 3 is 1.73 bits per heavy atom. The molecule has 0 saturated carbocycles. The molecule has 1 aromatic carbocycles. The van der Waals surface area contributed by atoms with E-state index in [-0.39, 0.29) is 39.7 Å². The molecule has 230 valence electrons. The van der Waals surface area contributed by atoms with Crippen LogP contribution in [0.1, 0.15) is 61.0 Å². The predicted octanol–water partition coefficient (Wildman–Crippen LogP) is 7.66. The van der Waals surface area contributed by atoms with Crippen molar-refractivity contribution in [1.29, 1.82) is 0 Å². The Hall–Kier alpha value is -0.806. The van der Waals surface area contributed by atoms with Crippen molar-refractivity contribution in [1.82, 2.24) is 0 Å². The molecular formula is C33H60O5Si2. The van der Waals surface area contributed by atoms with Crippen LogP contribution in [-0.2, 0) is 20.2 Å². The fourth-order valence-corrected chi connectivity index (χ4v) is 7.47. The standard InChI is InChI=1S/C33H60O5Si2/c1-24(20-37-39(9,10)32(3,4)5)30-25(2)31(29(35)19-18-28(30)34)27(23-38-40(11,12)33(6,7)8)22-36-21-26-16-14-13-15-17-26/h13-19,24-25,27-31,34-35H,20-23H2,1-12H3/t24-,25-,27+,28-,29+,30-,31-/m1/s1. The van der Waals surface area contributed by atoms with E-state index in [1.807, 2.05) is 18.2 Å². The van der Waals surface area contributed by atoms with E-state index in [0.29, 0.717) is 26.4 Å². The molecule has 0 bridgehead atoms. The third-order valence-corrected chi connectivity index (χ3v) is 19.1. The number of ether oxygens (including phenoxy) is 1. The van der Waals surface area contributed by atoms with Crippen LogP contribution < -0.4 is 0 Å². The third kappa shape index (κ3) is 9.35. The van der Waals surface area contributed by atoms with Crippen LogP contribution in [0.2, 0.25) is 36.3 Å². The zero-order chi connectivity index (χ0) is 30.5. The van der Waals surface area contributed by atoms with Crippen LogP contribution in [0.3, 0.4) is 0 Å². The molecule has 1 aliphatic carbocycles. The molecule has 40 heavy (non-hydrogen) atoms. The van der Waals surface area contributed by atoms with Gasteiger partial charge in [0, 0.05) is 19.1 Å². The van der Waals surface area contributed by atoms with Gasteiger partial charge >= 0.3 is 0 Å². The van der Waals surface area contributed by atoms with E-state index in [1.165, 1.54) is 0 Å². The number of rotatable bonds is 12. The molecule has 1 aliphatic rings. The largest absolute Gasteiger partial charge is 0.417 e. The van der Waals surface area contributed by atoms with E-state index >= 15 is 0 Å². The van der Waals surface area contributed by atoms with Crippen molar-refractivity contribution in [2.24, 2.45) is 29.6 Å². The zero-order valence-electron chi connectivity index (χ0n) is 27.5. The summed E-state index contributed by atoms with van der Waals surface area (Å²) in [6, 6.07) is 10.2. The van der Waals surface area contributed by atoms with Crippen molar-refractivity contribution in [2.75, 3.05) is 19.8 Å². The molecule has 0 heterocycles. The normalized spacial score (nSPS) is 26.4. The van der Waals surface area contributed by atoms with Gasteiger partial charge in [0.1, 0.15) is 0 Å². The van der Waals surface area contributed by atoms with Gasteiger partial charge in [-0.05, 0) is 65.5 Å². The average Bonchev–Trinajstić information content (AvgIpc) is 2.94. The summed E-state index contributed by atoms with van der Waals surface area (Å²) in [5.41, 5.74) is 1.13. The summed E-state index contributed by atoms with van der Waals surface area (Å²) in [4.78, 5) is 0. The molecule has 0 aromatic heterocycles. The fourth-order valence-electron chi connectivity index (χ4n) is 5.30. The zero-order valence-corrected chi connectivity index (χ0v) is 29.5. The Morgan fingerprint density at radius 2 is 1.23 bits per heavy atom. The molecule has 0 aliphatic heterocycles. The highest BCUT2D eigenvalue weighted by atomic mass is 28.4. The maximum Gasteiger partial charge on any atom is 0.191 e. The molecule has 2 N–H and O–H groups in total. The van der Waals surface area contributed by atoms with Crippen molar-refractivity contribution in [2.45, 2.75) is 110 Å². The molecule has 0 radical (unpaired) electrons. The minimum atomic E-state index is -2.01. The van der Waals surface area contributed by atoms with Crippen LogP contribution in [0.25, 0.3) is 0 Å². The van der Waals surface area contributed by atoms with Gasteiger partial charge in [0.2, 0.25) is 0 Å². The molecule has 5 nitrogen and oxygen atoms in total. The second-order valence-electron chi connectivity index (χ2n) is 15.3. The van der Waals surface area contributed by atoms with E-state index in [4.69, 9.17) is 13.6 Å². The summed E-state index contributed by atoms with van der Waals surface area (Å²) in [5.74, 6) is -0.0224. The molecule has 7 heteroatoms. The summed E-state index contributed by atoms with van der Waals surface area (Å²) in [6.07, 6.45) is 2.27. The first-order chi connectivity index (χ1) is 18.3. The van der Waals surface area contributed by atoms with E-state index < -0.39 is 28.8 Å². The Balaban J connectivity index is 2.31. The van der Waals surface area contributed by atoms with Gasteiger partial charge in [0.05, 0.1) is 25.4 Å². The molecule has 1 aromatic rings. The van der Waals surface area contributed by atoms with Crippen molar-refractivity contribution in [3.05, 3.63) is 48.0 Å². The van der Waals surface area contributed by atoms with Gasteiger partial charge in [-0.2, -0.15) is 0 Å². The molecule has 0 spiro atoms. The van der Waals surface area contributed by atoms with Crippen LogP contribution in [0.5, 0.6) is 0 Å². The number of benzene rings is 1. The van der Waals surface area contributed by atoms with Crippen LogP contribution >= 0.6 is 0 Å². The van der Waals surface area contributed by atoms with Crippen molar-refractivity contribution in [3.63, 3.8) is 0 Å². The van der Waals surface area contributed by atoms with Crippen molar-refractivity contribution in [3.8, 4) is 0 Å². The molecular weight excluding hydrogens is 533 g/mol. The quantitative estimate of drug-likeness (QED) is 0.193. The lowest BCUT2D eigenvalue weighted by Gasteiger charge is -2.43. The SMILES string of the molecule is C[C@@H]1[C@@H]([C@H](C)CO[Si](C)(C)C(C)(C)C)[C@H](O)C=C[C@H](O)[C@H]1[C@@H](COCc1ccccc1)CO[Si](C)(C)C(C)(C)C. The Labute approximate surface area is 248 Å². The van der Waals surface area contributed by atoms with Gasteiger partial charge < -0.3 is 23.8 Å². The average molecular weight is 593 g/mol. The van der Waals surface area contributed by atoms with Crippen molar-refractivity contribution < 1.29 is 23.8 Å².